The Morgan fingerprint density at radius 1 is 1.05 bits per heavy atom. The number of carbonyl (C=O) groups is 1. The third-order valence-electron chi connectivity index (χ3n) is 6.29. The Bertz CT molecular complexity index is 1770. The number of urea groups is 1. The predicted molar refractivity (Wildman–Crippen MR) is 155 cm³/mol. The number of ether oxygens (including phenoxy) is 2. The molecular weight excluding hydrogens is 555 g/mol. The van der Waals surface area contributed by atoms with Gasteiger partial charge < -0.3 is 14.8 Å². The van der Waals surface area contributed by atoms with Crippen LogP contribution in [0.3, 0.4) is 0 Å². The first kappa shape index (κ1) is 27.8. The number of benzene rings is 4. The van der Waals surface area contributed by atoms with Crippen LogP contribution in [0.5, 0.6) is 11.5 Å². The van der Waals surface area contributed by atoms with E-state index < -0.39 is 12.4 Å². The van der Waals surface area contributed by atoms with Gasteiger partial charge in [-0.1, -0.05) is 30.3 Å². The summed E-state index contributed by atoms with van der Waals surface area (Å²) in [5.74, 6) is 0.278. The van der Waals surface area contributed by atoms with E-state index in [0.29, 0.717) is 17.0 Å². The topological polar surface area (TPSA) is 89.8 Å². The monoisotopic (exact) mass is 579 g/mol. The number of amides is 2. The molecule has 1 aromatic heterocycles. The Hall–Kier alpha value is -4.71. The van der Waals surface area contributed by atoms with Crippen molar-refractivity contribution in [3.8, 4) is 22.8 Å². The van der Waals surface area contributed by atoms with Crippen molar-refractivity contribution in [1.82, 2.24) is 14.5 Å². The number of aromatic nitrogens is 2. The Balaban J connectivity index is 1.30. The zero-order chi connectivity index (χ0) is 29.1. The van der Waals surface area contributed by atoms with E-state index in [-0.39, 0.29) is 5.75 Å². The van der Waals surface area contributed by atoms with Crippen molar-refractivity contribution in [2.75, 3.05) is 12.4 Å². The molecule has 0 aliphatic heterocycles. The normalized spacial score (nSPS) is 11.8. The van der Waals surface area contributed by atoms with E-state index in [9.17, 15) is 18.0 Å². The van der Waals surface area contributed by atoms with Crippen LogP contribution in [0.15, 0.2) is 77.2 Å². The maximum absolute atomic E-state index is 12.5. The molecule has 210 valence electrons. The lowest BCUT2D eigenvalue weighted by Gasteiger charge is -2.12. The molecule has 0 saturated carbocycles. The highest BCUT2D eigenvalue weighted by molar-refractivity contribution is 7.96. The van der Waals surface area contributed by atoms with Gasteiger partial charge in [0.1, 0.15) is 17.0 Å². The number of hydrogen-bond acceptors (Lipinski definition) is 6. The van der Waals surface area contributed by atoms with Crippen molar-refractivity contribution in [3.05, 3.63) is 83.9 Å². The Morgan fingerprint density at radius 3 is 2.54 bits per heavy atom. The van der Waals surface area contributed by atoms with Crippen molar-refractivity contribution >= 4 is 51.7 Å². The van der Waals surface area contributed by atoms with Crippen LogP contribution in [0.25, 0.3) is 32.9 Å². The number of nitrogens with one attached hydrogen (secondary N) is 2. The Labute approximate surface area is 237 Å². The van der Waals surface area contributed by atoms with Crippen LogP contribution in [-0.4, -0.2) is 35.5 Å². The van der Waals surface area contributed by atoms with Crippen molar-refractivity contribution in [3.63, 3.8) is 0 Å². The molecule has 2 amide bonds. The summed E-state index contributed by atoms with van der Waals surface area (Å²) in [4.78, 5) is 12.3. The molecule has 0 unspecified atom stereocenters. The molecule has 0 atom stereocenters. The molecule has 5 aromatic rings. The second-order valence-electron chi connectivity index (χ2n) is 9.02. The van der Waals surface area contributed by atoms with E-state index in [2.05, 4.69) is 24.3 Å². The number of para-hydroxylation sites is 1. The van der Waals surface area contributed by atoms with Gasteiger partial charge in [0.05, 0.1) is 30.6 Å². The molecule has 0 fully saturated rings. The van der Waals surface area contributed by atoms with Crippen LogP contribution in [0, 0.1) is 6.92 Å². The van der Waals surface area contributed by atoms with E-state index in [0.717, 1.165) is 50.6 Å². The van der Waals surface area contributed by atoms with Crippen molar-refractivity contribution in [2.45, 2.75) is 13.3 Å². The summed E-state index contributed by atoms with van der Waals surface area (Å²) in [5.41, 5.74) is 4.52. The quantitative estimate of drug-likeness (QED) is 0.155. The van der Waals surface area contributed by atoms with Crippen LogP contribution in [0.1, 0.15) is 11.1 Å². The number of carbonyl (C=O) groups excluding carboxylic acids is 1. The molecule has 8 nitrogen and oxygen atoms in total. The van der Waals surface area contributed by atoms with Gasteiger partial charge in [0, 0.05) is 29.6 Å². The van der Waals surface area contributed by atoms with E-state index in [4.69, 9.17) is 4.74 Å². The number of halogens is 3. The lowest BCUT2D eigenvalue weighted by molar-refractivity contribution is -0.274. The third-order valence-corrected chi connectivity index (χ3v) is 6.78. The Morgan fingerprint density at radius 2 is 1.80 bits per heavy atom. The summed E-state index contributed by atoms with van der Waals surface area (Å²) >= 11 is 0.889. The van der Waals surface area contributed by atoms with Crippen LogP contribution < -0.4 is 19.5 Å². The minimum absolute atomic E-state index is 0.284. The summed E-state index contributed by atoms with van der Waals surface area (Å²) in [6.45, 7) is 1.87. The molecule has 0 aliphatic rings. The van der Waals surface area contributed by atoms with Gasteiger partial charge in [-0.15, -0.1) is 13.2 Å². The molecule has 0 radical (unpaired) electrons. The van der Waals surface area contributed by atoms with E-state index >= 15 is 0 Å². The van der Waals surface area contributed by atoms with Gasteiger partial charge in [-0.25, -0.2) is 9.19 Å². The number of rotatable bonds is 7. The lowest BCUT2D eigenvalue weighted by Crippen LogP contribution is -2.23. The molecule has 5 rings (SSSR count). The minimum Gasteiger partial charge on any atom is -0.495 e. The molecule has 1 heterocycles. The molecule has 12 heteroatoms. The summed E-state index contributed by atoms with van der Waals surface area (Å²) < 4.78 is 55.4. The molecule has 2 N–H and O–H groups in total. The first-order chi connectivity index (χ1) is 19.6. The molecule has 41 heavy (non-hydrogen) atoms. The Kier molecular flexibility index (Phi) is 7.75. The fourth-order valence-corrected chi connectivity index (χ4v) is 4.87. The summed E-state index contributed by atoms with van der Waals surface area (Å²) in [7, 11) is 3.33. The second-order valence-corrected chi connectivity index (χ2v) is 9.62. The lowest BCUT2D eigenvalue weighted by atomic mass is 10.0. The van der Waals surface area contributed by atoms with Crippen LogP contribution in [-0.2, 0) is 7.05 Å². The van der Waals surface area contributed by atoms with Crippen LogP contribution >= 0.6 is 12.1 Å². The highest BCUT2D eigenvalue weighted by Crippen LogP contribution is 2.34. The van der Waals surface area contributed by atoms with Gasteiger partial charge in [0.25, 0.3) is 0 Å². The number of anilines is 1. The van der Waals surface area contributed by atoms with Gasteiger partial charge in [-0.05, 0) is 65.9 Å². The van der Waals surface area contributed by atoms with Crippen LogP contribution in [0.4, 0.5) is 23.7 Å². The van der Waals surface area contributed by atoms with Crippen molar-refractivity contribution in [1.29, 1.82) is 0 Å². The first-order valence-electron chi connectivity index (χ1n) is 12.3. The number of hydrogen-bond donors (Lipinski definition) is 2. The number of alkyl halides is 3. The number of fused-ring (bicyclic) bond motifs is 3. The zero-order valence-corrected chi connectivity index (χ0v) is 22.9. The number of methoxy groups -OCH3 is 1. The molecule has 0 bridgehead atoms. The van der Waals surface area contributed by atoms with Crippen molar-refractivity contribution in [2.24, 2.45) is 11.4 Å². The molecule has 0 aliphatic carbocycles. The molecule has 0 saturated heterocycles. The highest BCUT2D eigenvalue weighted by Gasteiger charge is 2.31. The largest absolute Gasteiger partial charge is 0.573 e. The number of nitrogens with zero attached hydrogens (tertiary/aromatic N) is 3. The smallest absolute Gasteiger partial charge is 0.495 e. The molecule has 4 aromatic carbocycles. The standard InChI is InChI=1S/C29H24F3N5O3S/c1-17-5-4-6-24(39-3)25(17)34-28(38)36-41-33-16-18-7-13-22-20(15-18)10-14-23-26(22)35-37(2)27(23)19-8-11-21(12-9-19)40-29(30,31)32/h4-16H,1-3H3,(H2,34,36,38). The maximum atomic E-state index is 12.5. The van der Waals surface area contributed by atoms with Gasteiger partial charge in [-0.3, -0.25) is 9.40 Å². The van der Waals surface area contributed by atoms with E-state index in [1.165, 1.54) is 19.2 Å². The van der Waals surface area contributed by atoms with E-state index in [1.54, 1.807) is 36.1 Å². The molecular formula is C29H24F3N5O3S. The highest BCUT2D eigenvalue weighted by atomic mass is 32.2. The predicted octanol–water partition coefficient (Wildman–Crippen LogP) is 7.41. The van der Waals surface area contributed by atoms with Gasteiger partial charge in [0.2, 0.25) is 0 Å². The minimum atomic E-state index is -4.75. The average Bonchev–Trinajstić information content (AvgIpc) is 3.27. The van der Waals surface area contributed by atoms with E-state index in [1.807, 2.05) is 49.4 Å². The second kappa shape index (κ2) is 11.4. The average molecular weight is 580 g/mol. The SMILES string of the molecule is COc1cccc(C)c1NC(=O)NSN=Cc1ccc2c(ccc3c(-c4ccc(OC(F)(F)F)cc4)n(C)nc32)c1. The first-order valence-corrected chi connectivity index (χ1v) is 13.1. The molecule has 0 spiro atoms. The summed E-state index contributed by atoms with van der Waals surface area (Å²) in [5, 5.41) is 10.2. The van der Waals surface area contributed by atoms with Gasteiger partial charge in [0.15, 0.2) is 0 Å². The number of aryl methyl sites for hydroxylation is 2. The van der Waals surface area contributed by atoms with Gasteiger partial charge >= 0.3 is 12.4 Å². The summed E-state index contributed by atoms with van der Waals surface area (Å²) in [6.07, 6.45) is -3.11. The third kappa shape index (κ3) is 6.22. The fraction of sp³-hybridized carbons (Fsp3) is 0.138. The zero-order valence-electron chi connectivity index (χ0n) is 22.1. The summed E-state index contributed by atoms with van der Waals surface area (Å²) in [6, 6.07) is 20.4. The van der Waals surface area contributed by atoms with Gasteiger partial charge in [-0.2, -0.15) is 5.10 Å². The fourth-order valence-electron chi connectivity index (χ4n) is 4.51. The van der Waals surface area contributed by atoms with Crippen LogP contribution in [0.2, 0.25) is 0 Å². The maximum Gasteiger partial charge on any atom is 0.573 e. The van der Waals surface area contributed by atoms with Crippen molar-refractivity contribution < 1.29 is 27.4 Å².